The molecule has 1 saturated heterocycles. The van der Waals surface area contributed by atoms with Crippen LogP contribution in [0.5, 0.6) is 0 Å². The molecule has 3 heteroatoms. The van der Waals surface area contributed by atoms with E-state index in [-0.39, 0.29) is 14.7 Å². The first-order valence-electron chi connectivity index (χ1n) is 9.02. The Labute approximate surface area is 102 Å². The Hall–Kier alpha value is -0.0200. The molecule has 0 bridgehead atoms. The van der Waals surface area contributed by atoms with E-state index in [2.05, 4.69) is 15.9 Å². The number of hydrogen-bond donors (Lipinski definition) is 0. The van der Waals surface area contributed by atoms with E-state index >= 15 is 0 Å². The molecule has 66 valence electrons. The minimum absolute atomic E-state index is 0.0730. The van der Waals surface area contributed by atoms with Crippen molar-refractivity contribution in [3.8, 4) is 0 Å². The predicted octanol–water partition coefficient (Wildman–Crippen LogP) is 3.50. The molecular formula is C9H12BrNS. The highest BCUT2D eigenvalue weighted by Crippen LogP contribution is 2.31. The van der Waals surface area contributed by atoms with E-state index in [1.807, 2.05) is 0 Å². The van der Waals surface area contributed by atoms with Crippen LogP contribution in [-0.4, -0.2) is 13.0 Å². The minimum Gasteiger partial charge on any atom is -0.363 e. The third-order valence-corrected chi connectivity index (χ3v) is 2.56. The lowest BCUT2D eigenvalue weighted by Gasteiger charge is -2.26. The van der Waals surface area contributed by atoms with E-state index in [9.17, 15) is 0 Å². The molecule has 0 saturated carbocycles. The van der Waals surface area contributed by atoms with Crippen LogP contribution in [0.15, 0.2) is 15.9 Å². The van der Waals surface area contributed by atoms with E-state index in [1.54, 1.807) is 0 Å². The van der Waals surface area contributed by atoms with Crippen LogP contribution in [0.4, 0.5) is 5.00 Å². The highest BCUT2D eigenvalue weighted by atomic mass is 79.9. The predicted molar refractivity (Wildman–Crippen MR) is 58.1 cm³/mol. The monoisotopic (exact) mass is 257 g/mol. The van der Waals surface area contributed by atoms with Crippen molar-refractivity contribution in [2.75, 3.05) is 17.9 Å². The third-order valence-electron chi connectivity index (χ3n) is 1.12. The number of piperidine rings is 1. The lowest BCUT2D eigenvalue weighted by molar-refractivity contribution is 0.580. The molecule has 0 atom stereocenters. The molecule has 0 aromatic carbocycles. The van der Waals surface area contributed by atoms with Gasteiger partial charge >= 0.3 is 0 Å². The fraction of sp³-hybridized carbons (Fsp3) is 0.556. The van der Waals surface area contributed by atoms with Gasteiger partial charge in [-0.25, -0.2) is 0 Å². The molecule has 1 fully saturated rings. The van der Waals surface area contributed by atoms with Gasteiger partial charge in [0.25, 0.3) is 0 Å². The summed E-state index contributed by atoms with van der Waals surface area (Å²) in [5, 5.41) is -0.495. The van der Waals surface area contributed by atoms with Crippen LogP contribution in [-0.2, 0) is 0 Å². The van der Waals surface area contributed by atoms with Gasteiger partial charge in [-0.1, -0.05) is 0 Å². The van der Waals surface area contributed by atoms with Crippen molar-refractivity contribution in [1.82, 2.24) is 0 Å². The topological polar surface area (TPSA) is 3.24 Å². The van der Waals surface area contributed by atoms with Gasteiger partial charge in [0.05, 0.1) is 11.5 Å². The lowest BCUT2D eigenvalue weighted by Crippen LogP contribution is -2.28. The summed E-state index contributed by atoms with van der Waals surface area (Å²) in [5.41, 5.74) is 0. The molecule has 1 aliphatic heterocycles. The van der Waals surface area contributed by atoms with Crippen LogP contribution in [0.3, 0.4) is 0 Å². The van der Waals surface area contributed by atoms with Gasteiger partial charge in [-0.3, -0.25) is 0 Å². The number of thiophene rings is 1. The molecule has 2 rings (SSSR count). The van der Waals surface area contributed by atoms with Gasteiger partial charge in [-0.2, -0.15) is 0 Å². The second-order valence-electron chi connectivity index (χ2n) is 1.86. The van der Waals surface area contributed by atoms with Crippen molar-refractivity contribution in [1.29, 1.82) is 0 Å². The van der Waals surface area contributed by atoms with Crippen LogP contribution in [0.1, 0.15) is 35.6 Å². The molecular weight excluding hydrogens is 234 g/mol. The van der Waals surface area contributed by atoms with Crippen LogP contribution in [0, 0.1) is 0 Å². The maximum Gasteiger partial charge on any atom is 0.0920 e. The Bertz CT molecular complexity index is 652. The van der Waals surface area contributed by atoms with Crippen molar-refractivity contribution >= 4 is 32.3 Å². The van der Waals surface area contributed by atoms with E-state index in [0.29, 0.717) is 11.3 Å². The number of hydrogen-bond acceptors (Lipinski definition) is 2. The second kappa shape index (κ2) is 3.79. The molecule has 0 spiro atoms. The van der Waals surface area contributed by atoms with E-state index < -0.39 is 43.2 Å². The van der Waals surface area contributed by atoms with Crippen molar-refractivity contribution in [3.63, 3.8) is 0 Å². The fourth-order valence-corrected chi connectivity index (χ4v) is 1.78. The molecule has 0 radical (unpaired) electrons. The number of nitrogens with zero attached hydrogens (tertiary/aromatic N) is 1. The van der Waals surface area contributed by atoms with Crippen molar-refractivity contribution in [2.24, 2.45) is 0 Å². The average molecular weight is 258 g/mol. The normalized spacial score (nSPS) is 53.9. The van der Waals surface area contributed by atoms with Gasteiger partial charge in [0.1, 0.15) is 0 Å². The van der Waals surface area contributed by atoms with E-state index in [4.69, 9.17) is 16.4 Å². The van der Waals surface area contributed by atoms with Crippen LogP contribution in [0.2, 0.25) is 0 Å². The summed E-state index contributed by atoms with van der Waals surface area (Å²) < 4.78 is 94.3. The molecule has 0 N–H and O–H groups in total. The number of anilines is 1. The zero-order valence-electron chi connectivity index (χ0n) is 17.7. The van der Waals surface area contributed by atoms with Crippen LogP contribution >= 0.6 is 27.3 Å². The molecule has 1 nitrogen and oxygen atoms in total. The molecule has 1 aromatic heterocycles. The zero-order chi connectivity index (χ0) is 19.1. The van der Waals surface area contributed by atoms with Crippen molar-refractivity contribution in [3.05, 3.63) is 15.9 Å². The molecule has 0 aliphatic carbocycles. The molecule has 1 aromatic rings. The molecule has 12 heavy (non-hydrogen) atoms. The molecule has 1 aliphatic rings. The van der Waals surface area contributed by atoms with Gasteiger partial charge in [0.2, 0.25) is 0 Å². The quantitative estimate of drug-likeness (QED) is 0.745. The Morgan fingerprint density at radius 3 is 2.75 bits per heavy atom. The van der Waals surface area contributed by atoms with Crippen molar-refractivity contribution in [2.45, 2.75) is 19.1 Å². The summed E-state index contributed by atoms with van der Waals surface area (Å²) in [7, 11) is 0. The molecule has 2 heterocycles. The van der Waals surface area contributed by atoms with Gasteiger partial charge in [0, 0.05) is 26.7 Å². The summed E-state index contributed by atoms with van der Waals surface area (Å²) in [5.74, 6) is 0. The van der Waals surface area contributed by atoms with Gasteiger partial charge in [-0.05, 0) is 47.1 Å². The van der Waals surface area contributed by atoms with Gasteiger partial charge < -0.3 is 4.90 Å². The maximum atomic E-state index is 8.01. The third kappa shape index (κ3) is 1.83. The molecule has 0 amide bonds. The zero-order valence-corrected chi connectivity index (χ0v) is 8.14. The summed E-state index contributed by atoms with van der Waals surface area (Å²) >= 11 is 3.55. The SMILES string of the molecule is [2H]c1c(Br)sc(N2C([2H])([2H])C([2H])([2H])C([2H])([2H])C([2H])([2H])C2([2H])[2H])c1[2H]. The minimum atomic E-state index is -3.50. The Morgan fingerprint density at radius 2 is 2.17 bits per heavy atom. The Kier molecular flexibility index (Phi) is 0.732. The second-order valence-corrected chi connectivity index (χ2v) is 4.18. The number of rotatable bonds is 1. The van der Waals surface area contributed by atoms with Gasteiger partial charge in [-0.15, -0.1) is 11.3 Å². The summed E-state index contributed by atoms with van der Waals surface area (Å²) in [4.78, 5) is 0.108. The largest absolute Gasteiger partial charge is 0.363 e. The summed E-state index contributed by atoms with van der Waals surface area (Å²) in [6, 6.07) is -0.981. The summed E-state index contributed by atoms with van der Waals surface area (Å²) in [6.07, 6.45) is -10.4. The Balaban J connectivity index is 2.86. The highest BCUT2D eigenvalue weighted by Gasteiger charge is 2.11. The average Bonchev–Trinajstić information content (AvgIpc) is 2.64. The van der Waals surface area contributed by atoms with E-state index in [1.165, 1.54) is 0 Å². The standard InChI is InChI=1S/C9H12BrNS/c10-8-4-5-9(12-8)11-6-2-1-3-7-11/h4-5H,1-3,6-7H2/i1D2,2D2,3D2,4D,5D,6D2,7D2. The number of halogens is 1. The van der Waals surface area contributed by atoms with E-state index in [0.717, 1.165) is 0 Å². The summed E-state index contributed by atoms with van der Waals surface area (Å²) in [6.45, 7) is -6.64. The first kappa shape index (κ1) is 2.31. The highest BCUT2D eigenvalue weighted by molar-refractivity contribution is 9.11. The maximum absolute atomic E-state index is 8.01. The van der Waals surface area contributed by atoms with Crippen molar-refractivity contribution < 1.29 is 16.4 Å². The first-order valence-corrected chi connectivity index (χ1v) is 4.63. The van der Waals surface area contributed by atoms with Gasteiger partial charge in [0.15, 0.2) is 0 Å². The smallest absolute Gasteiger partial charge is 0.0920 e. The lowest BCUT2D eigenvalue weighted by atomic mass is 10.1. The Morgan fingerprint density at radius 1 is 1.42 bits per heavy atom. The van der Waals surface area contributed by atoms with Crippen LogP contribution < -0.4 is 4.90 Å². The first-order chi connectivity index (χ1) is 10.5. The van der Waals surface area contributed by atoms with Crippen LogP contribution in [0.25, 0.3) is 0 Å². The molecule has 0 unspecified atom stereocenters. The fourth-order valence-electron chi connectivity index (χ4n) is 0.669.